The van der Waals surface area contributed by atoms with Gasteiger partial charge in [-0.1, -0.05) is 11.3 Å². The molecular weight excluding hydrogens is 385 g/mol. The maximum atomic E-state index is 12.6. The van der Waals surface area contributed by atoms with Crippen molar-refractivity contribution in [2.24, 2.45) is 0 Å². The molecule has 0 aliphatic heterocycles. The summed E-state index contributed by atoms with van der Waals surface area (Å²) in [6.07, 6.45) is -4.63. The van der Waals surface area contributed by atoms with Gasteiger partial charge in [0.25, 0.3) is 0 Å². The van der Waals surface area contributed by atoms with Crippen molar-refractivity contribution in [3.8, 4) is 17.2 Å². The number of aromatic nitrogens is 2. The number of alkyl halides is 3. The van der Waals surface area contributed by atoms with Gasteiger partial charge in [0.2, 0.25) is 0 Å². The zero-order valence-electron chi connectivity index (χ0n) is 13.4. The van der Waals surface area contributed by atoms with Crippen molar-refractivity contribution in [3.05, 3.63) is 63.1 Å². The van der Waals surface area contributed by atoms with Gasteiger partial charge in [-0.15, -0.1) is 0 Å². The van der Waals surface area contributed by atoms with Crippen LogP contribution in [0.25, 0.3) is 0 Å². The molecule has 3 aromatic rings. The molecule has 2 aromatic carbocycles. The van der Waals surface area contributed by atoms with Gasteiger partial charge < -0.3 is 9.47 Å². The van der Waals surface area contributed by atoms with Crippen LogP contribution in [0, 0.1) is 3.95 Å². The summed E-state index contributed by atoms with van der Waals surface area (Å²) in [5.41, 5.74) is -0.718. The highest BCUT2D eigenvalue weighted by molar-refractivity contribution is 7.73. The van der Waals surface area contributed by atoms with Gasteiger partial charge in [0.05, 0.1) is 5.56 Å². The van der Waals surface area contributed by atoms with E-state index in [2.05, 4.69) is 10.2 Å². The third-order valence-corrected chi connectivity index (χ3v) is 4.61. The normalized spacial score (nSPS) is 12.6. The van der Waals surface area contributed by atoms with Crippen molar-refractivity contribution in [2.45, 2.75) is 19.2 Å². The van der Waals surface area contributed by atoms with Crippen molar-refractivity contribution >= 4 is 23.6 Å². The van der Waals surface area contributed by atoms with Crippen molar-refractivity contribution in [1.29, 1.82) is 0 Å². The highest BCUT2D eigenvalue weighted by atomic mass is 32.1. The van der Waals surface area contributed by atoms with Crippen molar-refractivity contribution in [3.63, 3.8) is 0 Å². The molecule has 0 radical (unpaired) electrons. The molecule has 1 N–H and O–H groups in total. The van der Waals surface area contributed by atoms with Gasteiger partial charge in [0.15, 0.2) is 8.96 Å². The summed E-state index contributed by atoms with van der Waals surface area (Å²) in [4.78, 5) is 0. The van der Waals surface area contributed by atoms with E-state index in [0.29, 0.717) is 21.2 Å². The van der Waals surface area contributed by atoms with E-state index >= 15 is 0 Å². The molecule has 1 unspecified atom stereocenters. The number of halogens is 3. The van der Waals surface area contributed by atoms with Crippen molar-refractivity contribution in [1.82, 2.24) is 10.2 Å². The molecule has 1 heterocycles. The molecule has 26 heavy (non-hydrogen) atoms. The average Bonchev–Trinajstić information content (AvgIpc) is 3.03. The van der Waals surface area contributed by atoms with E-state index in [4.69, 9.17) is 21.7 Å². The summed E-state index contributed by atoms with van der Waals surface area (Å²) < 4.78 is 49.6. The minimum Gasteiger partial charge on any atom is -0.483 e. The standard InChI is InChI=1S/C17H13F3N2O2S2/c1-10(15-21-22-16(25)26-15)23-12-6-8-14(9-7-12)24-13-4-2-11(3-5-13)17(18,19)20/h2-10H,1H3,(H,22,25). The Labute approximate surface area is 156 Å². The smallest absolute Gasteiger partial charge is 0.416 e. The Morgan fingerprint density at radius 2 is 1.54 bits per heavy atom. The Bertz CT molecular complexity index is 919. The highest BCUT2D eigenvalue weighted by Crippen LogP contribution is 2.32. The second-order valence-electron chi connectivity index (χ2n) is 5.31. The van der Waals surface area contributed by atoms with Crippen LogP contribution < -0.4 is 9.47 Å². The van der Waals surface area contributed by atoms with Crippen LogP contribution in [0.5, 0.6) is 17.2 Å². The summed E-state index contributed by atoms with van der Waals surface area (Å²) in [6.45, 7) is 1.86. The van der Waals surface area contributed by atoms with Crippen LogP contribution in [-0.2, 0) is 6.18 Å². The number of hydrogen-bond donors (Lipinski definition) is 1. The van der Waals surface area contributed by atoms with Crippen LogP contribution in [0.3, 0.4) is 0 Å². The van der Waals surface area contributed by atoms with Crippen LogP contribution in [0.4, 0.5) is 13.2 Å². The number of benzene rings is 2. The van der Waals surface area contributed by atoms with Gasteiger partial charge in [-0.3, -0.25) is 5.10 Å². The zero-order valence-corrected chi connectivity index (χ0v) is 15.0. The van der Waals surface area contributed by atoms with Crippen LogP contribution in [0.1, 0.15) is 23.6 Å². The third kappa shape index (κ3) is 4.61. The largest absolute Gasteiger partial charge is 0.483 e. The SMILES string of the molecule is CC(Oc1ccc(Oc2ccc(C(F)(F)F)cc2)cc1)c1n[nH]c(=S)s1. The molecule has 0 bridgehead atoms. The molecule has 0 saturated carbocycles. The van der Waals surface area contributed by atoms with E-state index in [1.807, 2.05) is 6.92 Å². The van der Waals surface area contributed by atoms with Crippen molar-refractivity contribution < 1.29 is 22.6 Å². The fraction of sp³-hybridized carbons (Fsp3) is 0.176. The lowest BCUT2D eigenvalue weighted by Gasteiger charge is -2.13. The molecule has 4 nitrogen and oxygen atoms in total. The first kappa shape index (κ1) is 18.4. The Morgan fingerprint density at radius 3 is 2.04 bits per heavy atom. The summed E-state index contributed by atoms with van der Waals surface area (Å²) in [5.74, 6) is 1.41. The number of H-pyrrole nitrogens is 1. The van der Waals surface area contributed by atoms with Crippen LogP contribution in [-0.4, -0.2) is 10.2 Å². The van der Waals surface area contributed by atoms with E-state index in [0.717, 1.165) is 17.1 Å². The summed E-state index contributed by atoms with van der Waals surface area (Å²) in [6, 6.07) is 11.3. The van der Waals surface area contributed by atoms with Crippen molar-refractivity contribution in [2.75, 3.05) is 0 Å². The number of nitrogens with zero attached hydrogens (tertiary/aromatic N) is 1. The Kier molecular flexibility index (Phi) is 5.28. The maximum absolute atomic E-state index is 12.6. The lowest BCUT2D eigenvalue weighted by Crippen LogP contribution is -2.04. The Balaban J connectivity index is 1.63. The first-order valence-electron chi connectivity index (χ1n) is 7.48. The molecule has 136 valence electrons. The monoisotopic (exact) mass is 398 g/mol. The number of rotatable bonds is 5. The first-order chi connectivity index (χ1) is 12.3. The topological polar surface area (TPSA) is 47.1 Å². The molecule has 9 heteroatoms. The third-order valence-electron chi connectivity index (χ3n) is 3.36. The molecule has 0 aliphatic carbocycles. The molecule has 0 aliphatic rings. The van der Waals surface area contributed by atoms with Gasteiger partial charge in [-0.2, -0.15) is 18.3 Å². The molecule has 0 spiro atoms. The van der Waals surface area contributed by atoms with Crippen LogP contribution >= 0.6 is 23.6 Å². The number of ether oxygens (including phenoxy) is 2. The zero-order chi connectivity index (χ0) is 18.7. The fourth-order valence-corrected chi connectivity index (χ4v) is 2.99. The van der Waals surface area contributed by atoms with E-state index in [1.54, 1.807) is 24.3 Å². The minimum atomic E-state index is -4.37. The van der Waals surface area contributed by atoms with Crippen LogP contribution in [0.15, 0.2) is 48.5 Å². The second kappa shape index (κ2) is 7.46. The van der Waals surface area contributed by atoms with Crippen LogP contribution in [0.2, 0.25) is 0 Å². The van der Waals surface area contributed by atoms with Gasteiger partial charge in [-0.25, -0.2) is 0 Å². The molecule has 3 rings (SSSR count). The molecule has 1 atom stereocenters. The summed E-state index contributed by atoms with van der Waals surface area (Å²) in [5, 5.41) is 7.50. The predicted molar refractivity (Wildman–Crippen MR) is 94.3 cm³/mol. The maximum Gasteiger partial charge on any atom is 0.416 e. The Hall–Kier alpha value is -2.39. The quantitative estimate of drug-likeness (QED) is 0.524. The average molecular weight is 398 g/mol. The van der Waals surface area contributed by atoms with E-state index in [-0.39, 0.29) is 6.10 Å². The lowest BCUT2D eigenvalue weighted by atomic mass is 10.2. The first-order valence-corrected chi connectivity index (χ1v) is 8.71. The van der Waals surface area contributed by atoms with E-state index < -0.39 is 11.7 Å². The molecule has 1 aromatic heterocycles. The number of nitrogens with one attached hydrogen (secondary N) is 1. The van der Waals surface area contributed by atoms with Gasteiger partial charge in [0.1, 0.15) is 23.4 Å². The van der Waals surface area contributed by atoms with E-state index in [1.165, 1.54) is 23.5 Å². The second-order valence-corrected chi connectivity index (χ2v) is 7.00. The Morgan fingerprint density at radius 1 is 1.00 bits per heavy atom. The molecular formula is C17H13F3N2O2S2. The lowest BCUT2D eigenvalue weighted by molar-refractivity contribution is -0.137. The molecule has 0 fully saturated rings. The van der Waals surface area contributed by atoms with Gasteiger partial charge in [-0.05, 0) is 67.7 Å². The minimum absolute atomic E-state index is 0.269. The molecule has 0 saturated heterocycles. The number of aromatic amines is 1. The predicted octanol–water partition coefficient (Wildman–Crippen LogP) is 6.15. The summed E-state index contributed by atoms with van der Waals surface area (Å²) in [7, 11) is 0. The summed E-state index contributed by atoms with van der Waals surface area (Å²) >= 11 is 6.33. The van der Waals surface area contributed by atoms with Gasteiger partial charge in [0, 0.05) is 0 Å². The fourth-order valence-electron chi connectivity index (χ4n) is 2.10. The molecule has 0 amide bonds. The van der Waals surface area contributed by atoms with Gasteiger partial charge >= 0.3 is 6.18 Å². The van der Waals surface area contributed by atoms with E-state index in [9.17, 15) is 13.2 Å². The number of hydrogen-bond acceptors (Lipinski definition) is 5. The highest BCUT2D eigenvalue weighted by Gasteiger charge is 2.30.